The van der Waals surface area contributed by atoms with Crippen molar-refractivity contribution in [3.63, 3.8) is 0 Å². The van der Waals surface area contributed by atoms with Crippen LogP contribution in [0.15, 0.2) is 77.3 Å². The zero-order valence-electron chi connectivity index (χ0n) is 17.3. The number of carbonyl (C=O) groups is 1. The second-order valence-electron chi connectivity index (χ2n) is 7.05. The van der Waals surface area contributed by atoms with Crippen LogP contribution in [0, 0.1) is 0 Å². The quantitative estimate of drug-likeness (QED) is 0.443. The summed E-state index contributed by atoms with van der Waals surface area (Å²) in [6, 6.07) is 20.0. The maximum Gasteiger partial charge on any atom is 0.256 e. The summed E-state index contributed by atoms with van der Waals surface area (Å²) in [6.07, 6.45) is 1.65. The predicted octanol–water partition coefficient (Wildman–Crippen LogP) is 5.39. The van der Waals surface area contributed by atoms with E-state index in [1.807, 2.05) is 43.3 Å². The first-order valence-electron chi connectivity index (χ1n) is 10.2. The number of oxazole rings is 1. The Bertz CT molecular complexity index is 1260. The summed E-state index contributed by atoms with van der Waals surface area (Å²) in [5.74, 6) is 2.75. The fourth-order valence-corrected chi connectivity index (χ4v) is 3.45. The van der Waals surface area contributed by atoms with E-state index in [2.05, 4.69) is 10.3 Å². The number of benzene rings is 3. The summed E-state index contributed by atoms with van der Waals surface area (Å²) in [7, 11) is 0. The smallest absolute Gasteiger partial charge is 0.256 e. The Morgan fingerprint density at radius 1 is 1.03 bits per heavy atom. The Balaban J connectivity index is 1.39. The largest absolute Gasteiger partial charge is 0.494 e. The third-order valence-electron chi connectivity index (χ3n) is 4.99. The summed E-state index contributed by atoms with van der Waals surface area (Å²) < 4.78 is 22.2. The lowest BCUT2D eigenvalue weighted by atomic mass is 10.1. The van der Waals surface area contributed by atoms with Gasteiger partial charge in [-0.2, -0.15) is 0 Å². The molecule has 0 saturated carbocycles. The molecule has 32 heavy (non-hydrogen) atoms. The molecular weight excluding hydrogens is 408 g/mol. The van der Waals surface area contributed by atoms with E-state index >= 15 is 0 Å². The fourth-order valence-electron chi connectivity index (χ4n) is 3.45. The lowest BCUT2D eigenvalue weighted by Crippen LogP contribution is -2.13. The standard InChI is InChI=1S/C25H20N2O5/c1-2-29-18-10-7-16(8-11-18)23-14-26-25(32-23)20-6-4-3-5-19(20)24(28)27-17-9-12-21-22(13-17)31-15-30-21/h3-14H,2,15H2,1H3,(H,27,28). The number of rotatable bonds is 6. The SMILES string of the molecule is CCOc1ccc(-c2cnc(-c3ccccc3C(=O)Nc3ccc4c(c3)OCO4)o2)cc1. The molecular formula is C25H20N2O5. The van der Waals surface area contributed by atoms with Crippen molar-refractivity contribution in [2.45, 2.75) is 6.92 Å². The minimum absolute atomic E-state index is 0.177. The van der Waals surface area contributed by atoms with Gasteiger partial charge in [0, 0.05) is 22.9 Å². The molecule has 0 spiro atoms. The number of hydrogen-bond acceptors (Lipinski definition) is 6. The second kappa shape index (κ2) is 8.47. The number of hydrogen-bond donors (Lipinski definition) is 1. The van der Waals surface area contributed by atoms with Crippen LogP contribution in [0.4, 0.5) is 5.69 Å². The molecule has 0 aliphatic carbocycles. The van der Waals surface area contributed by atoms with E-state index in [1.54, 1.807) is 36.5 Å². The average molecular weight is 428 g/mol. The number of nitrogens with zero attached hydrogens (tertiary/aromatic N) is 1. The van der Waals surface area contributed by atoms with Crippen LogP contribution in [0.25, 0.3) is 22.8 Å². The van der Waals surface area contributed by atoms with Crippen LogP contribution < -0.4 is 19.5 Å². The van der Waals surface area contributed by atoms with Crippen molar-refractivity contribution in [3.8, 4) is 40.0 Å². The van der Waals surface area contributed by atoms with E-state index in [4.69, 9.17) is 18.6 Å². The molecule has 4 aromatic rings. The van der Waals surface area contributed by atoms with Crippen LogP contribution in [0.3, 0.4) is 0 Å². The highest BCUT2D eigenvalue weighted by atomic mass is 16.7. The lowest BCUT2D eigenvalue weighted by molar-refractivity contribution is 0.102. The van der Waals surface area contributed by atoms with Gasteiger partial charge >= 0.3 is 0 Å². The Morgan fingerprint density at radius 3 is 2.69 bits per heavy atom. The molecule has 0 bridgehead atoms. The molecule has 7 heteroatoms. The minimum Gasteiger partial charge on any atom is -0.494 e. The van der Waals surface area contributed by atoms with E-state index in [9.17, 15) is 4.79 Å². The highest BCUT2D eigenvalue weighted by Gasteiger charge is 2.19. The predicted molar refractivity (Wildman–Crippen MR) is 119 cm³/mol. The van der Waals surface area contributed by atoms with Crippen molar-refractivity contribution in [3.05, 3.63) is 78.5 Å². The Labute approximate surface area is 184 Å². The van der Waals surface area contributed by atoms with Crippen LogP contribution in [-0.2, 0) is 0 Å². The van der Waals surface area contributed by atoms with Crippen molar-refractivity contribution in [1.82, 2.24) is 4.98 Å². The molecule has 0 atom stereocenters. The van der Waals surface area contributed by atoms with E-state index in [0.29, 0.717) is 46.6 Å². The molecule has 1 aliphatic heterocycles. The molecule has 2 heterocycles. The minimum atomic E-state index is -0.278. The van der Waals surface area contributed by atoms with Crippen molar-refractivity contribution in [2.75, 3.05) is 18.7 Å². The third-order valence-corrected chi connectivity index (χ3v) is 4.99. The van der Waals surface area contributed by atoms with Gasteiger partial charge in [0.15, 0.2) is 17.3 Å². The molecule has 3 aromatic carbocycles. The molecule has 7 nitrogen and oxygen atoms in total. The molecule has 1 aromatic heterocycles. The van der Waals surface area contributed by atoms with E-state index in [1.165, 1.54) is 0 Å². The normalized spacial score (nSPS) is 11.9. The molecule has 0 fully saturated rings. The number of amides is 1. The molecule has 160 valence electrons. The molecule has 1 amide bonds. The highest BCUT2D eigenvalue weighted by molar-refractivity contribution is 6.08. The van der Waals surface area contributed by atoms with Crippen LogP contribution in [-0.4, -0.2) is 24.3 Å². The topological polar surface area (TPSA) is 82.8 Å². The van der Waals surface area contributed by atoms with Gasteiger partial charge in [0.05, 0.1) is 18.4 Å². The van der Waals surface area contributed by atoms with Gasteiger partial charge in [0.25, 0.3) is 5.91 Å². The summed E-state index contributed by atoms with van der Waals surface area (Å²) in [5, 5.41) is 2.90. The van der Waals surface area contributed by atoms with Gasteiger partial charge in [0.1, 0.15) is 5.75 Å². The van der Waals surface area contributed by atoms with Crippen molar-refractivity contribution >= 4 is 11.6 Å². The van der Waals surface area contributed by atoms with Gasteiger partial charge in [-0.15, -0.1) is 0 Å². The number of ether oxygens (including phenoxy) is 3. The van der Waals surface area contributed by atoms with Gasteiger partial charge in [0.2, 0.25) is 12.7 Å². The van der Waals surface area contributed by atoms with Crippen molar-refractivity contribution < 1.29 is 23.4 Å². The molecule has 5 rings (SSSR count). The molecule has 0 radical (unpaired) electrons. The molecule has 1 N–H and O–H groups in total. The highest BCUT2D eigenvalue weighted by Crippen LogP contribution is 2.35. The molecule has 0 saturated heterocycles. The van der Waals surface area contributed by atoms with Gasteiger partial charge < -0.3 is 23.9 Å². The zero-order valence-corrected chi connectivity index (χ0v) is 17.3. The van der Waals surface area contributed by atoms with Crippen LogP contribution in [0.5, 0.6) is 17.2 Å². The number of aromatic nitrogens is 1. The zero-order chi connectivity index (χ0) is 21.9. The first kappa shape index (κ1) is 19.7. The van der Waals surface area contributed by atoms with Crippen LogP contribution in [0.1, 0.15) is 17.3 Å². The van der Waals surface area contributed by atoms with Gasteiger partial charge in [-0.1, -0.05) is 12.1 Å². The number of nitrogens with one attached hydrogen (secondary N) is 1. The first-order valence-corrected chi connectivity index (χ1v) is 10.2. The summed E-state index contributed by atoms with van der Waals surface area (Å²) in [4.78, 5) is 17.4. The van der Waals surface area contributed by atoms with Gasteiger partial charge in [-0.05, 0) is 55.5 Å². The van der Waals surface area contributed by atoms with E-state index in [0.717, 1.165) is 11.3 Å². The van der Waals surface area contributed by atoms with Gasteiger partial charge in [-0.25, -0.2) is 4.98 Å². The monoisotopic (exact) mass is 428 g/mol. The number of carbonyl (C=O) groups excluding carboxylic acids is 1. The fraction of sp³-hybridized carbons (Fsp3) is 0.120. The van der Waals surface area contributed by atoms with Crippen LogP contribution >= 0.6 is 0 Å². The molecule has 1 aliphatic rings. The maximum atomic E-state index is 13.0. The van der Waals surface area contributed by atoms with Crippen molar-refractivity contribution in [1.29, 1.82) is 0 Å². The van der Waals surface area contributed by atoms with Crippen LogP contribution in [0.2, 0.25) is 0 Å². The van der Waals surface area contributed by atoms with E-state index < -0.39 is 0 Å². The van der Waals surface area contributed by atoms with Crippen molar-refractivity contribution in [2.24, 2.45) is 0 Å². The first-order chi connectivity index (χ1) is 15.7. The summed E-state index contributed by atoms with van der Waals surface area (Å²) in [5.41, 5.74) is 2.53. The van der Waals surface area contributed by atoms with Gasteiger partial charge in [-0.3, -0.25) is 4.79 Å². The summed E-state index contributed by atoms with van der Waals surface area (Å²) in [6.45, 7) is 2.73. The lowest BCUT2D eigenvalue weighted by Gasteiger charge is -2.09. The maximum absolute atomic E-state index is 13.0. The third kappa shape index (κ3) is 3.88. The Morgan fingerprint density at radius 2 is 1.84 bits per heavy atom. The summed E-state index contributed by atoms with van der Waals surface area (Å²) >= 11 is 0. The average Bonchev–Trinajstić information content (AvgIpc) is 3.49. The molecule has 0 unspecified atom stereocenters. The van der Waals surface area contributed by atoms with E-state index in [-0.39, 0.29) is 12.7 Å². The Hall–Kier alpha value is -4.26. The second-order valence-corrected chi connectivity index (χ2v) is 7.05. The number of anilines is 1. The number of fused-ring (bicyclic) bond motifs is 1. The Kier molecular flexibility index (Phi) is 5.21.